The second-order valence-electron chi connectivity index (χ2n) is 4.68. The van der Waals surface area contributed by atoms with Crippen LogP contribution in [0.4, 0.5) is 0 Å². The number of H-pyrrole nitrogens is 1. The molecule has 2 rings (SSSR count). The maximum Gasteiger partial charge on any atom is 0.328 e. The number of hydrogen-bond acceptors (Lipinski definition) is 4. The number of hydrogen-bond donors (Lipinski definition) is 3. The molecule has 1 saturated carbocycles. The molecule has 104 valence electrons. The lowest BCUT2D eigenvalue weighted by Gasteiger charge is -2.13. The summed E-state index contributed by atoms with van der Waals surface area (Å²) in [6.07, 6.45) is 3.44. The van der Waals surface area contributed by atoms with Crippen LogP contribution in [0.5, 0.6) is 0 Å². The van der Waals surface area contributed by atoms with E-state index >= 15 is 0 Å². The van der Waals surface area contributed by atoms with Gasteiger partial charge in [-0.05, 0) is 23.0 Å². The molecule has 1 aliphatic carbocycles. The first-order valence-electron chi connectivity index (χ1n) is 5.98. The first-order valence-corrected chi connectivity index (χ1v) is 7.22. The van der Waals surface area contributed by atoms with Crippen molar-refractivity contribution in [3.05, 3.63) is 36.7 Å². The minimum Gasteiger partial charge on any atom is -0.396 e. The number of aromatic amines is 1. The molecule has 7 heteroatoms. The molecule has 0 spiro atoms. The van der Waals surface area contributed by atoms with E-state index in [0.717, 1.165) is 0 Å². The molecular formula is C12H15IN2O4. The van der Waals surface area contributed by atoms with Gasteiger partial charge in [0.25, 0.3) is 5.56 Å². The van der Waals surface area contributed by atoms with Gasteiger partial charge in [-0.3, -0.25) is 14.3 Å². The van der Waals surface area contributed by atoms with E-state index in [1.165, 1.54) is 10.8 Å². The van der Waals surface area contributed by atoms with E-state index in [-0.39, 0.29) is 18.6 Å². The fourth-order valence-electron chi connectivity index (χ4n) is 2.46. The maximum atomic E-state index is 11.8. The number of aliphatic hydroxyl groups excluding tert-OH is 2. The molecule has 1 aromatic heterocycles. The summed E-state index contributed by atoms with van der Waals surface area (Å²) in [6, 6.07) is -0.196. The van der Waals surface area contributed by atoms with Gasteiger partial charge in [0.05, 0.1) is 11.7 Å². The molecule has 0 aromatic carbocycles. The number of nitrogens with one attached hydrogen (secondary N) is 1. The fourth-order valence-corrected chi connectivity index (χ4v) is 2.84. The standard InChI is InChI=1S/C12H15IN2O4/c13-2-1-7-5-15(12(19)14-11(7)18)9-3-8(6-16)10(17)4-9/h1-2,5,8-10,16-17H,3-4,6H2,(H,14,18,19)/b2-1+. The highest BCUT2D eigenvalue weighted by molar-refractivity contribution is 14.1. The molecule has 1 aliphatic rings. The summed E-state index contributed by atoms with van der Waals surface area (Å²) < 4.78 is 3.13. The van der Waals surface area contributed by atoms with Crippen molar-refractivity contribution in [2.45, 2.75) is 25.0 Å². The second kappa shape index (κ2) is 6.02. The normalized spacial score (nSPS) is 27.2. The molecule has 1 heterocycles. The number of halogens is 1. The van der Waals surface area contributed by atoms with Crippen LogP contribution in [0.15, 0.2) is 19.9 Å². The van der Waals surface area contributed by atoms with Gasteiger partial charge in [-0.25, -0.2) is 4.79 Å². The number of aliphatic hydroxyl groups is 2. The minimum absolute atomic E-state index is 0.101. The van der Waals surface area contributed by atoms with Crippen molar-refractivity contribution in [2.24, 2.45) is 5.92 Å². The van der Waals surface area contributed by atoms with E-state index in [1.54, 1.807) is 10.2 Å². The van der Waals surface area contributed by atoms with Crippen LogP contribution < -0.4 is 11.2 Å². The predicted octanol–water partition coefficient (Wildman–Crippen LogP) is 0.247. The van der Waals surface area contributed by atoms with Crippen molar-refractivity contribution in [1.82, 2.24) is 9.55 Å². The molecule has 0 saturated heterocycles. The van der Waals surface area contributed by atoms with E-state index < -0.39 is 17.4 Å². The molecule has 0 radical (unpaired) electrons. The van der Waals surface area contributed by atoms with Gasteiger partial charge in [0, 0.05) is 24.8 Å². The van der Waals surface area contributed by atoms with E-state index in [2.05, 4.69) is 4.98 Å². The van der Waals surface area contributed by atoms with E-state index in [1.807, 2.05) is 22.6 Å². The highest BCUT2D eigenvalue weighted by Gasteiger charge is 2.34. The summed E-state index contributed by atoms with van der Waals surface area (Å²) in [5.74, 6) is -0.215. The van der Waals surface area contributed by atoms with Crippen LogP contribution >= 0.6 is 22.6 Å². The minimum atomic E-state index is -0.614. The quantitative estimate of drug-likeness (QED) is 0.657. The molecule has 1 aromatic rings. The molecule has 3 N–H and O–H groups in total. The summed E-state index contributed by atoms with van der Waals surface area (Å²) in [6.45, 7) is -0.101. The van der Waals surface area contributed by atoms with Gasteiger partial charge in [0.1, 0.15) is 0 Å². The molecule has 3 unspecified atom stereocenters. The lowest BCUT2D eigenvalue weighted by atomic mass is 10.1. The predicted molar refractivity (Wildman–Crippen MR) is 79.2 cm³/mol. The third-order valence-corrected chi connectivity index (χ3v) is 3.86. The van der Waals surface area contributed by atoms with Gasteiger partial charge in [-0.2, -0.15) is 0 Å². The van der Waals surface area contributed by atoms with Crippen molar-refractivity contribution < 1.29 is 10.2 Å². The van der Waals surface area contributed by atoms with Gasteiger partial charge in [0.2, 0.25) is 0 Å². The SMILES string of the molecule is O=c1[nH]c(=O)n(C2CC(O)C(CO)C2)cc1/C=C/I. The fraction of sp³-hybridized carbons (Fsp3) is 0.500. The summed E-state index contributed by atoms with van der Waals surface area (Å²) in [7, 11) is 0. The maximum absolute atomic E-state index is 11.8. The molecule has 6 nitrogen and oxygen atoms in total. The van der Waals surface area contributed by atoms with Crippen LogP contribution in [-0.4, -0.2) is 32.5 Å². The van der Waals surface area contributed by atoms with Crippen molar-refractivity contribution in [3.8, 4) is 0 Å². The third kappa shape index (κ3) is 2.98. The van der Waals surface area contributed by atoms with E-state index in [4.69, 9.17) is 5.11 Å². The Kier molecular flexibility index (Phi) is 4.58. The Bertz CT molecular complexity index is 592. The molecule has 3 atom stereocenters. The summed E-state index contributed by atoms with van der Waals surface area (Å²) in [5, 5.41) is 18.9. The van der Waals surface area contributed by atoms with Crippen LogP contribution in [0.2, 0.25) is 0 Å². The van der Waals surface area contributed by atoms with Gasteiger partial charge in [0.15, 0.2) is 0 Å². The molecular weight excluding hydrogens is 363 g/mol. The summed E-state index contributed by atoms with van der Waals surface area (Å²) >= 11 is 2.00. The lowest BCUT2D eigenvalue weighted by molar-refractivity contribution is 0.0906. The van der Waals surface area contributed by atoms with Crippen molar-refractivity contribution in [1.29, 1.82) is 0 Å². The zero-order valence-electron chi connectivity index (χ0n) is 10.1. The number of rotatable bonds is 3. The Morgan fingerprint density at radius 1 is 1.47 bits per heavy atom. The van der Waals surface area contributed by atoms with E-state index in [9.17, 15) is 14.7 Å². The Morgan fingerprint density at radius 2 is 2.21 bits per heavy atom. The van der Waals surface area contributed by atoms with Crippen LogP contribution in [0.3, 0.4) is 0 Å². The lowest BCUT2D eigenvalue weighted by Crippen LogP contribution is -2.32. The monoisotopic (exact) mass is 378 g/mol. The molecule has 19 heavy (non-hydrogen) atoms. The average Bonchev–Trinajstić information content (AvgIpc) is 2.74. The first kappa shape index (κ1) is 14.5. The molecule has 1 fully saturated rings. The third-order valence-electron chi connectivity index (χ3n) is 3.50. The molecule has 0 bridgehead atoms. The van der Waals surface area contributed by atoms with Crippen LogP contribution in [0, 0.1) is 5.92 Å². The average molecular weight is 378 g/mol. The molecule has 0 amide bonds. The van der Waals surface area contributed by atoms with Gasteiger partial charge in [-0.15, -0.1) is 0 Å². The van der Waals surface area contributed by atoms with Gasteiger partial charge in [-0.1, -0.05) is 22.6 Å². The largest absolute Gasteiger partial charge is 0.396 e. The summed E-state index contributed by atoms with van der Waals surface area (Å²) in [5.41, 5.74) is -0.506. The van der Waals surface area contributed by atoms with Crippen molar-refractivity contribution in [2.75, 3.05) is 6.61 Å². The van der Waals surface area contributed by atoms with Gasteiger partial charge >= 0.3 is 5.69 Å². The van der Waals surface area contributed by atoms with Crippen LogP contribution in [-0.2, 0) is 0 Å². The second-order valence-corrected chi connectivity index (χ2v) is 5.40. The Balaban J connectivity index is 2.38. The Hall–Kier alpha value is -0.930. The van der Waals surface area contributed by atoms with Crippen molar-refractivity contribution in [3.63, 3.8) is 0 Å². The Morgan fingerprint density at radius 3 is 2.79 bits per heavy atom. The van der Waals surface area contributed by atoms with Crippen molar-refractivity contribution >= 4 is 28.7 Å². The summed E-state index contributed by atoms with van der Waals surface area (Å²) in [4.78, 5) is 25.7. The zero-order chi connectivity index (χ0) is 14.0. The topological polar surface area (TPSA) is 95.3 Å². The molecule has 0 aliphatic heterocycles. The number of aromatic nitrogens is 2. The number of nitrogens with zero attached hydrogens (tertiary/aromatic N) is 1. The highest BCUT2D eigenvalue weighted by Crippen LogP contribution is 2.33. The zero-order valence-corrected chi connectivity index (χ0v) is 12.3. The van der Waals surface area contributed by atoms with E-state index in [0.29, 0.717) is 18.4 Å². The Labute approximate surface area is 122 Å². The van der Waals surface area contributed by atoms with Gasteiger partial charge < -0.3 is 10.2 Å². The highest BCUT2D eigenvalue weighted by atomic mass is 127. The smallest absolute Gasteiger partial charge is 0.328 e. The van der Waals surface area contributed by atoms with Crippen LogP contribution in [0.1, 0.15) is 24.4 Å². The first-order chi connectivity index (χ1) is 9.06. The van der Waals surface area contributed by atoms with Crippen LogP contribution in [0.25, 0.3) is 6.08 Å².